The quantitative estimate of drug-likeness (QED) is 0.657. The minimum absolute atomic E-state index is 0.0594. The minimum atomic E-state index is -0.243. The first-order valence-electron chi connectivity index (χ1n) is 8.44. The van der Waals surface area contributed by atoms with Gasteiger partial charge in [0.2, 0.25) is 5.91 Å². The number of allylic oxidation sites excluding steroid dienone is 1. The number of hydrogen-bond acceptors (Lipinski definition) is 2. The van der Waals surface area contributed by atoms with Crippen molar-refractivity contribution in [2.75, 3.05) is 6.54 Å². The Kier molecular flexibility index (Phi) is 6.14. The molecule has 0 atom stereocenters. The summed E-state index contributed by atoms with van der Waals surface area (Å²) in [6.07, 6.45) is 2.14. The SMILES string of the molecule is CC(C)(C)c1ccc(/C(C#N)=C/C(=O)NCCc2ccccc2)cc1. The van der Waals surface area contributed by atoms with Gasteiger partial charge >= 0.3 is 0 Å². The molecule has 0 unspecified atom stereocenters. The maximum atomic E-state index is 12.1. The van der Waals surface area contributed by atoms with Crippen molar-refractivity contribution in [2.24, 2.45) is 0 Å². The number of nitriles is 1. The second-order valence-electron chi connectivity index (χ2n) is 7.02. The first-order valence-corrected chi connectivity index (χ1v) is 8.44. The van der Waals surface area contributed by atoms with Crippen LogP contribution in [0.25, 0.3) is 5.57 Å². The lowest BCUT2D eigenvalue weighted by atomic mass is 9.86. The molecule has 0 aliphatic rings. The number of nitrogens with one attached hydrogen (secondary N) is 1. The Labute approximate surface area is 150 Å². The number of benzene rings is 2. The summed E-state index contributed by atoms with van der Waals surface area (Å²) in [5.74, 6) is -0.243. The van der Waals surface area contributed by atoms with Crippen LogP contribution >= 0.6 is 0 Å². The molecule has 1 amide bonds. The standard InChI is InChI=1S/C22H24N2O/c1-22(2,3)20-11-9-18(10-12-20)19(16-23)15-21(25)24-14-13-17-7-5-4-6-8-17/h4-12,15H,13-14H2,1-3H3,(H,24,25)/b19-15+. The van der Waals surface area contributed by atoms with Crippen LogP contribution in [0.4, 0.5) is 0 Å². The van der Waals surface area contributed by atoms with Gasteiger partial charge in [-0.1, -0.05) is 75.4 Å². The summed E-state index contributed by atoms with van der Waals surface area (Å²) < 4.78 is 0. The van der Waals surface area contributed by atoms with Crippen LogP contribution in [0.1, 0.15) is 37.5 Å². The summed E-state index contributed by atoms with van der Waals surface area (Å²) in [5.41, 5.74) is 3.56. The lowest BCUT2D eigenvalue weighted by Crippen LogP contribution is -2.23. The lowest BCUT2D eigenvalue weighted by molar-refractivity contribution is -0.116. The van der Waals surface area contributed by atoms with Crippen LogP contribution in [0.15, 0.2) is 60.7 Å². The number of amides is 1. The van der Waals surface area contributed by atoms with Gasteiger partial charge in [0.05, 0.1) is 11.6 Å². The van der Waals surface area contributed by atoms with E-state index in [9.17, 15) is 10.1 Å². The molecule has 0 spiro atoms. The van der Waals surface area contributed by atoms with Crippen LogP contribution in [0.2, 0.25) is 0 Å². The third kappa shape index (κ3) is 5.61. The highest BCUT2D eigenvalue weighted by Gasteiger charge is 2.13. The van der Waals surface area contributed by atoms with Gasteiger partial charge in [0.25, 0.3) is 0 Å². The van der Waals surface area contributed by atoms with Gasteiger partial charge in [-0.05, 0) is 28.5 Å². The first kappa shape index (κ1) is 18.5. The van der Waals surface area contributed by atoms with E-state index in [0.29, 0.717) is 12.1 Å². The number of rotatable bonds is 5. The predicted molar refractivity (Wildman–Crippen MR) is 102 cm³/mol. The summed E-state index contributed by atoms with van der Waals surface area (Å²) in [6.45, 7) is 6.97. The number of hydrogen-bond donors (Lipinski definition) is 1. The van der Waals surface area contributed by atoms with Crippen LogP contribution in [-0.4, -0.2) is 12.5 Å². The Bertz CT molecular complexity index is 776. The van der Waals surface area contributed by atoms with Gasteiger partial charge in [0, 0.05) is 12.6 Å². The van der Waals surface area contributed by atoms with Crippen LogP contribution in [0.3, 0.4) is 0 Å². The van der Waals surface area contributed by atoms with E-state index in [4.69, 9.17) is 0 Å². The largest absolute Gasteiger partial charge is 0.352 e. The van der Waals surface area contributed by atoms with Crippen molar-refractivity contribution >= 4 is 11.5 Å². The van der Waals surface area contributed by atoms with Gasteiger partial charge in [0.15, 0.2) is 0 Å². The molecule has 128 valence electrons. The van der Waals surface area contributed by atoms with E-state index >= 15 is 0 Å². The Hall–Kier alpha value is -2.86. The Balaban J connectivity index is 1.99. The summed E-state index contributed by atoms with van der Waals surface area (Å²) in [4.78, 5) is 12.1. The molecule has 0 aliphatic heterocycles. The molecule has 1 N–H and O–H groups in total. The highest BCUT2D eigenvalue weighted by Crippen LogP contribution is 2.24. The number of carbonyl (C=O) groups is 1. The highest BCUT2D eigenvalue weighted by atomic mass is 16.1. The zero-order chi connectivity index (χ0) is 18.3. The van der Waals surface area contributed by atoms with E-state index in [-0.39, 0.29) is 11.3 Å². The molecule has 2 aromatic rings. The van der Waals surface area contributed by atoms with Crippen LogP contribution in [0.5, 0.6) is 0 Å². The zero-order valence-corrected chi connectivity index (χ0v) is 15.0. The molecule has 25 heavy (non-hydrogen) atoms. The fourth-order valence-corrected chi connectivity index (χ4v) is 2.49. The van der Waals surface area contributed by atoms with Crippen LogP contribution in [-0.2, 0) is 16.6 Å². The molecule has 0 aliphatic carbocycles. The van der Waals surface area contributed by atoms with Crippen molar-refractivity contribution in [3.05, 3.63) is 77.4 Å². The summed E-state index contributed by atoms with van der Waals surface area (Å²) in [6, 6.07) is 19.9. The van der Waals surface area contributed by atoms with Gasteiger partial charge in [-0.2, -0.15) is 5.26 Å². The monoisotopic (exact) mass is 332 g/mol. The molecule has 3 nitrogen and oxygen atoms in total. The van der Waals surface area contributed by atoms with E-state index in [0.717, 1.165) is 12.0 Å². The van der Waals surface area contributed by atoms with Gasteiger partial charge in [-0.25, -0.2) is 0 Å². The highest BCUT2D eigenvalue weighted by molar-refractivity contribution is 5.98. The summed E-state index contributed by atoms with van der Waals surface area (Å²) in [5, 5.41) is 12.2. The molecule has 2 rings (SSSR count). The average Bonchev–Trinajstić information content (AvgIpc) is 2.60. The maximum absolute atomic E-state index is 12.1. The van der Waals surface area contributed by atoms with Crippen molar-refractivity contribution in [3.8, 4) is 6.07 Å². The molecular weight excluding hydrogens is 308 g/mol. The van der Waals surface area contributed by atoms with Gasteiger partial charge in [0.1, 0.15) is 0 Å². The van der Waals surface area contributed by atoms with Gasteiger partial charge in [-0.15, -0.1) is 0 Å². The number of nitrogens with zero attached hydrogens (tertiary/aromatic N) is 1. The first-order chi connectivity index (χ1) is 11.9. The van der Waals surface area contributed by atoms with Crippen molar-refractivity contribution in [2.45, 2.75) is 32.6 Å². The third-order valence-corrected chi connectivity index (χ3v) is 4.01. The Morgan fingerprint density at radius 1 is 1.08 bits per heavy atom. The van der Waals surface area contributed by atoms with E-state index < -0.39 is 0 Å². The Morgan fingerprint density at radius 3 is 2.28 bits per heavy atom. The molecule has 0 saturated heterocycles. The van der Waals surface area contributed by atoms with Crippen molar-refractivity contribution in [1.29, 1.82) is 5.26 Å². The van der Waals surface area contributed by atoms with E-state index in [1.54, 1.807) is 0 Å². The molecule has 0 bridgehead atoms. The molecule has 0 heterocycles. The van der Waals surface area contributed by atoms with Crippen LogP contribution < -0.4 is 5.32 Å². The van der Waals surface area contributed by atoms with Crippen molar-refractivity contribution in [1.82, 2.24) is 5.32 Å². The lowest BCUT2D eigenvalue weighted by Gasteiger charge is -2.19. The van der Waals surface area contributed by atoms with Gasteiger partial charge in [-0.3, -0.25) is 4.79 Å². The second-order valence-corrected chi connectivity index (χ2v) is 7.02. The van der Waals surface area contributed by atoms with Crippen LogP contribution in [0, 0.1) is 11.3 Å². The van der Waals surface area contributed by atoms with E-state index in [1.807, 2.05) is 54.6 Å². The van der Waals surface area contributed by atoms with Gasteiger partial charge < -0.3 is 5.32 Å². The molecule has 2 aromatic carbocycles. The molecular formula is C22H24N2O. The normalized spacial score (nSPS) is 11.7. The molecule has 3 heteroatoms. The predicted octanol–water partition coefficient (Wildman–Crippen LogP) is 4.25. The van der Waals surface area contributed by atoms with E-state index in [1.165, 1.54) is 17.2 Å². The minimum Gasteiger partial charge on any atom is -0.352 e. The summed E-state index contributed by atoms with van der Waals surface area (Å²) in [7, 11) is 0. The molecule has 0 fully saturated rings. The third-order valence-electron chi connectivity index (χ3n) is 4.01. The smallest absolute Gasteiger partial charge is 0.245 e. The average molecular weight is 332 g/mol. The Morgan fingerprint density at radius 2 is 1.72 bits per heavy atom. The maximum Gasteiger partial charge on any atom is 0.245 e. The topological polar surface area (TPSA) is 52.9 Å². The molecule has 0 aromatic heterocycles. The van der Waals surface area contributed by atoms with Crippen molar-refractivity contribution in [3.63, 3.8) is 0 Å². The second kappa shape index (κ2) is 8.30. The fraction of sp³-hybridized carbons (Fsp3) is 0.273. The fourth-order valence-electron chi connectivity index (χ4n) is 2.49. The summed E-state index contributed by atoms with van der Waals surface area (Å²) >= 11 is 0. The molecule has 0 radical (unpaired) electrons. The van der Waals surface area contributed by atoms with Crippen molar-refractivity contribution < 1.29 is 4.79 Å². The zero-order valence-electron chi connectivity index (χ0n) is 15.0. The van der Waals surface area contributed by atoms with E-state index in [2.05, 4.69) is 32.2 Å². The number of carbonyl (C=O) groups excluding carboxylic acids is 1. The molecule has 0 saturated carbocycles.